The molecule has 0 aliphatic heterocycles. The Bertz CT molecular complexity index is 413. The molecule has 0 heterocycles. The number of hydrogen-bond acceptors (Lipinski definition) is 6. The maximum Gasteiger partial charge on any atom is 0.313 e. The van der Waals surface area contributed by atoms with E-state index < -0.39 is 23.3 Å². The molecule has 0 amide bonds. The standard InChI is InChI=1S/C18H32O6/c1-11(2)18(17(21)24-14(7)8,9-15(19)22-12(3)4)10-16(20)23-13(5)6/h11-14H,9-10H2,1-8H3. The number of carbonyl (C=O) groups excluding carboxylic acids is 3. The van der Waals surface area contributed by atoms with Crippen LogP contribution in [0.25, 0.3) is 0 Å². The van der Waals surface area contributed by atoms with E-state index in [-0.39, 0.29) is 37.1 Å². The lowest BCUT2D eigenvalue weighted by molar-refractivity contribution is -0.176. The van der Waals surface area contributed by atoms with E-state index in [0.29, 0.717) is 0 Å². The van der Waals surface area contributed by atoms with Gasteiger partial charge in [0.1, 0.15) is 0 Å². The van der Waals surface area contributed by atoms with Gasteiger partial charge in [0.2, 0.25) is 0 Å². The fourth-order valence-corrected chi connectivity index (χ4v) is 2.31. The van der Waals surface area contributed by atoms with Gasteiger partial charge in [-0.2, -0.15) is 0 Å². The Labute approximate surface area is 145 Å². The molecule has 0 fully saturated rings. The van der Waals surface area contributed by atoms with Gasteiger partial charge in [0.25, 0.3) is 0 Å². The second-order valence-electron chi connectivity index (χ2n) is 7.20. The average Bonchev–Trinajstić information content (AvgIpc) is 2.34. The van der Waals surface area contributed by atoms with Crippen LogP contribution in [-0.2, 0) is 28.6 Å². The van der Waals surface area contributed by atoms with Crippen LogP contribution in [0.3, 0.4) is 0 Å². The lowest BCUT2D eigenvalue weighted by atomic mass is 9.71. The van der Waals surface area contributed by atoms with E-state index >= 15 is 0 Å². The van der Waals surface area contributed by atoms with E-state index in [9.17, 15) is 14.4 Å². The molecular formula is C18H32O6. The normalized spacial score (nSPS) is 12.0. The van der Waals surface area contributed by atoms with Gasteiger partial charge in [-0.15, -0.1) is 0 Å². The third-order valence-electron chi connectivity index (χ3n) is 3.51. The summed E-state index contributed by atoms with van der Waals surface area (Å²) in [4.78, 5) is 37.1. The Balaban J connectivity index is 5.58. The van der Waals surface area contributed by atoms with Crippen molar-refractivity contribution in [1.29, 1.82) is 0 Å². The zero-order chi connectivity index (χ0) is 19.1. The number of ether oxygens (including phenoxy) is 3. The van der Waals surface area contributed by atoms with E-state index in [4.69, 9.17) is 14.2 Å². The maximum atomic E-state index is 12.7. The third kappa shape index (κ3) is 7.32. The first kappa shape index (κ1) is 22.4. The zero-order valence-corrected chi connectivity index (χ0v) is 16.2. The fraction of sp³-hybridized carbons (Fsp3) is 0.833. The molecule has 0 rings (SSSR count). The Hall–Kier alpha value is -1.59. The van der Waals surface area contributed by atoms with E-state index in [1.165, 1.54) is 0 Å². The Morgan fingerprint density at radius 3 is 1.25 bits per heavy atom. The highest BCUT2D eigenvalue weighted by Crippen LogP contribution is 2.38. The van der Waals surface area contributed by atoms with Crippen molar-refractivity contribution >= 4 is 17.9 Å². The second kappa shape index (κ2) is 9.64. The van der Waals surface area contributed by atoms with Crippen molar-refractivity contribution in [2.24, 2.45) is 11.3 Å². The molecule has 0 aliphatic carbocycles. The van der Waals surface area contributed by atoms with Gasteiger partial charge in [0.05, 0.1) is 36.6 Å². The van der Waals surface area contributed by atoms with Crippen molar-refractivity contribution in [2.45, 2.75) is 86.5 Å². The smallest absolute Gasteiger partial charge is 0.313 e. The Kier molecular flexibility index (Phi) is 9.01. The molecule has 0 saturated heterocycles. The SMILES string of the molecule is CC(C)OC(=O)CC(CC(=O)OC(C)C)(C(=O)OC(C)C)C(C)C. The van der Waals surface area contributed by atoms with Crippen LogP contribution in [0, 0.1) is 11.3 Å². The number of carbonyl (C=O) groups is 3. The van der Waals surface area contributed by atoms with E-state index in [1.807, 2.05) is 0 Å². The molecule has 0 radical (unpaired) electrons. The lowest BCUT2D eigenvalue weighted by Crippen LogP contribution is -2.43. The fourth-order valence-electron chi connectivity index (χ4n) is 2.31. The summed E-state index contributed by atoms with van der Waals surface area (Å²) in [5.74, 6) is -1.94. The molecule has 6 nitrogen and oxygen atoms in total. The van der Waals surface area contributed by atoms with Gasteiger partial charge in [0.15, 0.2) is 0 Å². The number of esters is 3. The van der Waals surface area contributed by atoms with Gasteiger partial charge in [-0.25, -0.2) is 0 Å². The van der Waals surface area contributed by atoms with Crippen LogP contribution in [0.5, 0.6) is 0 Å². The average molecular weight is 344 g/mol. The second-order valence-corrected chi connectivity index (χ2v) is 7.20. The highest BCUT2D eigenvalue weighted by molar-refractivity contribution is 5.88. The molecule has 0 aliphatic rings. The van der Waals surface area contributed by atoms with E-state index in [0.717, 1.165) is 0 Å². The van der Waals surface area contributed by atoms with Crippen molar-refractivity contribution in [3.63, 3.8) is 0 Å². The van der Waals surface area contributed by atoms with Crippen LogP contribution < -0.4 is 0 Å². The first-order valence-corrected chi connectivity index (χ1v) is 8.50. The summed E-state index contributed by atoms with van der Waals surface area (Å²) >= 11 is 0. The van der Waals surface area contributed by atoms with Crippen LogP contribution in [0.4, 0.5) is 0 Å². The minimum absolute atomic E-state index is 0.221. The largest absolute Gasteiger partial charge is 0.463 e. The molecule has 0 atom stereocenters. The van der Waals surface area contributed by atoms with Crippen molar-refractivity contribution < 1.29 is 28.6 Å². The van der Waals surface area contributed by atoms with E-state index in [1.54, 1.807) is 55.4 Å². The molecule has 0 N–H and O–H groups in total. The molecule has 0 spiro atoms. The molecule has 0 unspecified atom stereocenters. The molecule has 24 heavy (non-hydrogen) atoms. The third-order valence-corrected chi connectivity index (χ3v) is 3.51. The maximum absolute atomic E-state index is 12.7. The van der Waals surface area contributed by atoms with Crippen molar-refractivity contribution in [2.75, 3.05) is 0 Å². The minimum atomic E-state index is -1.30. The van der Waals surface area contributed by atoms with Gasteiger partial charge in [-0.3, -0.25) is 14.4 Å². The Morgan fingerprint density at radius 1 is 0.667 bits per heavy atom. The van der Waals surface area contributed by atoms with Crippen LogP contribution in [-0.4, -0.2) is 36.2 Å². The van der Waals surface area contributed by atoms with Crippen LogP contribution in [0.2, 0.25) is 0 Å². The van der Waals surface area contributed by atoms with Gasteiger partial charge >= 0.3 is 17.9 Å². The summed E-state index contributed by atoms with van der Waals surface area (Å²) in [6.45, 7) is 13.9. The van der Waals surface area contributed by atoms with Crippen molar-refractivity contribution in [1.82, 2.24) is 0 Å². The molecule has 0 saturated carbocycles. The summed E-state index contributed by atoms with van der Waals surface area (Å²) in [5, 5.41) is 0. The van der Waals surface area contributed by atoms with Crippen LogP contribution >= 0.6 is 0 Å². The highest BCUT2D eigenvalue weighted by Gasteiger charge is 2.48. The summed E-state index contributed by atoms with van der Waals surface area (Å²) in [7, 11) is 0. The highest BCUT2D eigenvalue weighted by atomic mass is 16.6. The molecule has 0 aromatic carbocycles. The Morgan fingerprint density at radius 2 is 1.00 bits per heavy atom. The van der Waals surface area contributed by atoms with Gasteiger partial charge in [-0.05, 0) is 47.5 Å². The van der Waals surface area contributed by atoms with Crippen LogP contribution in [0.15, 0.2) is 0 Å². The lowest BCUT2D eigenvalue weighted by Gasteiger charge is -2.34. The molecule has 0 aromatic heterocycles. The summed E-state index contributed by atoms with van der Waals surface area (Å²) in [5.41, 5.74) is -1.30. The van der Waals surface area contributed by atoms with Crippen LogP contribution in [0.1, 0.15) is 68.2 Å². The quantitative estimate of drug-likeness (QED) is 0.472. The monoisotopic (exact) mass is 344 g/mol. The predicted octanol–water partition coefficient (Wildman–Crippen LogP) is 3.26. The first-order chi connectivity index (χ1) is 10.9. The van der Waals surface area contributed by atoms with Crippen molar-refractivity contribution in [3.8, 4) is 0 Å². The number of rotatable bonds is 9. The van der Waals surface area contributed by atoms with Gasteiger partial charge < -0.3 is 14.2 Å². The van der Waals surface area contributed by atoms with Gasteiger partial charge in [0, 0.05) is 0 Å². The molecule has 0 bridgehead atoms. The minimum Gasteiger partial charge on any atom is -0.463 e. The molecule has 6 heteroatoms. The molecule has 0 aromatic rings. The molecule has 140 valence electrons. The summed E-state index contributed by atoms with van der Waals surface area (Å²) < 4.78 is 15.7. The molecular weight excluding hydrogens is 312 g/mol. The first-order valence-electron chi connectivity index (χ1n) is 8.50. The summed E-state index contributed by atoms with van der Waals surface area (Å²) in [6.07, 6.45) is -1.39. The number of hydrogen-bond donors (Lipinski definition) is 0. The zero-order valence-electron chi connectivity index (χ0n) is 16.2. The van der Waals surface area contributed by atoms with E-state index in [2.05, 4.69) is 0 Å². The summed E-state index contributed by atoms with van der Waals surface area (Å²) in [6, 6.07) is 0. The predicted molar refractivity (Wildman–Crippen MR) is 90.2 cm³/mol. The van der Waals surface area contributed by atoms with Gasteiger partial charge in [-0.1, -0.05) is 13.8 Å². The van der Waals surface area contributed by atoms with Crippen molar-refractivity contribution in [3.05, 3.63) is 0 Å². The topological polar surface area (TPSA) is 78.9 Å².